The molecule has 1 unspecified atom stereocenters. The summed E-state index contributed by atoms with van der Waals surface area (Å²) in [6.07, 6.45) is 1.79. The van der Waals surface area contributed by atoms with Crippen molar-refractivity contribution in [3.05, 3.63) is 17.8 Å². The molecular formula is C13H19ClN4O2. The highest BCUT2D eigenvalue weighted by molar-refractivity contribution is 6.18. The lowest BCUT2D eigenvalue weighted by Gasteiger charge is -2.32. The normalized spacial score (nSPS) is 18.7. The molecule has 2 amide bonds. The Morgan fingerprint density at radius 3 is 3.10 bits per heavy atom. The highest BCUT2D eigenvalue weighted by Gasteiger charge is 2.24. The Hall–Kier alpha value is -1.56. The molecule has 1 aromatic heterocycles. The van der Waals surface area contributed by atoms with Gasteiger partial charge in [0.1, 0.15) is 6.10 Å². The molecule has 0 aliphatic carbocycles. The van der Waals surface area contributed by atoms with Crippen molar-refractivity contribution in [2.24, 2.45) is 0 Å². The van der Waals surface area contributed by atoms with Crippen molar-refractivity contribution in [3.8, 4) is 5.88 Å². The summed E-state index contributed by atoms with van der Waals surface area (Å²) in [7, 11) is 0. The molecule has 1 aliphatic rings. The van der Waals surface area contributed by atoms with Gasteiger partial charge in [0.25, 0.3) is 0 Å². The van der Waals surface area contributed by atoms with E-state index < -0.39 is 0 Å². The number of nitrogens with zero attached hydrogens (tertiary/aromatic N) is 3. The van der Waals surface area contributed by atoms with Gasteiger partial charge >= 0.3 is 6.03 Å². The largest absolute Gasteiger partial charge is 0.471 e. The number of hydrogen-bond acceptors (Lipinski definition) is 4. The molecule has 0 spiro atoms. The number of urea groups is 1. The summed E-state index contributed by atoms with van der Waals surface area (Å²) < 4.78 is 5.77. The van der Waals surface area contributed by atoms with Gasteiger partial charge in [0, 0.05) is 25.0 Å². The van der Waals surface area contributed by atoms with Crippen LogP contribution in [0.25, 0.3) is 0 Å². The van der Waals surface area contributed by atoms with Crippen LogP contribution in [-0.4, -0.2) is 52.7 Å². The number of carbonyl (C=O) groups is 1. The molecule has 1 N–H and O–H groups in total. The Morgan fingerprint density at radius 1 is 1.55 bits per heavy atom. The van der Waals surface area contributed by atoms with Crippen LogP contribution in [0.3, 0.4) is 0 Å². The minimum Gasteiger partial charge on any atom is -0.471 e. The number of rotatable bonds is 4. The van der Waals surface area contributed by atoms with Crippen LogP contribution in [0.4, 0.5) is 4.79 Å². The molecule has 2 heterocycles. The minimum atomic E-state index is -0.0889. The molecule has 0 aromatic carbocycles. The predicted molar refractivity (Wildman–Crippen MR) is 76.1 cm³/mol. The number of ether oxygens (including phenoxy) is 1. The van der Waals surface area contributed by atoms with Gasteiger partial charge < -0.3 is 15.0 Å². The maximum absolute atomic E-state index is 11.9. The van der Waals surface area contributed by atoms with E-state index in [0.717, 1.165) is 25.1 Å². The number of aromatic nitrogens is 2. The van der Waals surface area contributed by atoms with Gasteiger partial charge in [0.15, 0.2) is 0 Å². The molecule has 0 bridgehead atoms. The Kier molecular flexibility index (Phi) is 5.40. The number of hydrogen-bond donors (Lipinski definition) is 1. The fraction of sp³-hybridized carbons (Fsp3) is 0.615. The second kappa shape index (κ2) is 7.28. The monoisotopic (exact) mass is 298 g/mol. The fourth-order valence-electron chi connectivity index (χ4n) is 2.11. The van der Waals surface area contributed by atoms with Crippen LogP contribution in [0.1, 0.15) is 18.5 Å². The molecular weight excluding hydrogens is 280 g/mol. The maximum Gasteiger partial charge on any atom is 0.317 e. The first kappa shape index (κ1) is 14.8. The van der Waals surface area contributed by atoms with Crippen LogP contribution in [-0.2, 0) is 0 Å². The Morgan fingerprint density at radius 2 is 2.40 bits per heavy atom. The van der Waals surface area contributed by atoms with E-state index >= 15 is 0 Å². The topological polar surface area (TPSA) is 67.3 Å². The summed E-state index contributed by atoms with van der Waals surface area (Å²) in [4.78, 5) is 13.6. The maximum atomic E-state index is 11.9. The third-order valence-electron chi connectivity index (χ3n) is 3.10. The van der Waals surface area contributed by atoms with Gasteiger partial charge in [-0.05, 0) is 25.8 Å². The third-order valence-corrected chi connectivity index (χ3v) is 3.29. The number of amides is 2. The summed E-state index contributed by atoms with van der Waals surface area (Å²) in [6, 6.07) is 3.57. The standard InChI is InChI=1S/C13H19ClN4O2/c1-10-4-5-12(17-16-10)20-11-3-2-8-18(9-11)13(19)15-7-6-14/h4-5,11H,2-3,6-9H2,1H3,(H,15,19). The van der Waals surface area contributed by atoms with Gasteiger partial charge in [-0.3, -0.25) is 0 Å². The van der Waals surface area contributed by atoms with E-state index in [9.17, 15) is 4.79 Å². The zero-order chi connectivity index (χ0) is 14.4. The lowest BCUT2D eigenvalue weighted by atomic mass is 10.1. The number of halogens is 1. The summed E-state index contributed by atoms with van der Waals surface area (Å²) in [5, 5.41) is 10.7. The molecule has 1 fully saturated rings. The first-order valence-corrected chi connectivity index (χ1v) is 7.28. The SMILES string of the molecule is Cc1ccc(OC2CCCN(C(=O)NCCCl)C2)nn1. The van der Waals surface area contributed by atoms with Gasteiger partial charge in [0.05, 0.1) is 12.2 Å². The van der Waals surface area contributed by atoms with Crippen molar-refractivity contribution in [2.45, 2.75) is 25.9 Å². The van der Waals surface area contributed by atoms with Crippen molar-refractivity contribution < 1.29 is 9.53 Å². The summed E-state index contributed by atoms with van der Waals surface area (Å²) in [5.41, 5.74) is 0.850. The van der Waals surface area contributed by atoms with E-state index in [4.69, 9.17) is 16.3 Å². The fourth-order valence-corrected chi connectivity index (χ4v) is 2.20. The molecule has 1 aliphatic heterocycles. The van der Waals surface area contributed by atoms with Gasteiger partial charge in [-0.15, -0.1) is 16.7 Å². The van der Waals surface area contributed by atoms with Gasteiger partial charge in [-0.1, -0.05) is 0 Å². The first-order valence-electron chi connectivity index (χ1n) is 6.75. The van der Waals surface area contributed by atoms with Crippen molar-refractivity contribution >= 4 is 17.6 Å². The van der Waals surface area contributed by atoms with E-state index in [1.165, 1.54) is 0 Å². The van der Waals surface area contributed by atoms with Gasteiger partial charge in [-0.2, -0.15) is 5.10 Å². The van der Waals surface area contributed by atoms with E-state index in [1.54, 1.807) is 11.0 Å². The molecule has 20 heavy (non-hydrogen) atoms. The van der Waals surface area contributed by atoms with Gasteiger partial charge in [-0.25, -0.2) is 4.79 Å². The zero-order valence-corrected chi connectivity index (χ0v) is 12.3. The second-order valence-electron chi connectivity index (χ2n) is 4.76. The minimum absolute atomic E-state index is 0.0393. The molecule has 2 rings (SSSR count). The van der Waals surface area contributed by atoms with E-state index in [1.807, 2.05) is 13.0 Å². The third kappa shape index (κ3) is 4.23. The van der Waals surface area contributed by atoms with Crippen molar-refractivity contribution in [2.75, 3.05) is 25.5 Å². The molecule has 6 nitrogen and oxygen atoms in total. The Bertz CT molecular complexity index is 441. The average molecular weight is 299 g/mol. The van der Waals surface area contributed by atoms with E-state index in [2.05, 4.69) is 15.5 Å². The lowest BCUT2D eigenvalue weighted by Crippen LogP contribution is -2.48. The Balaban J connectivity index is 1.86. The van der Waals surface area contributed by atoms with E-state index in [-0.39, 0.29) is 12.1 Å². The molecule has 1 atom stereocenters. The van der Waals surface area contributed by atoms with Crippen molar-refractivity contribution in [1.82, 2.24) is 20.4 Å². The van der Waals surface area contributed by atoms with Gasteiger partial charge in [0.2, 0.25) is 5.88 Å². The lowest BCUT2D eigenvalue weighted by molar-refractivity contribution is 0.0972. The van der Waals surface area contributed by atoms with Crippen molar-refractivity contribution in [1.29, 1.82) is 0 Å². The smallest absolute Gasteiger partial charge is 0.317 e. The second-order valence-corrected chi connectivity index (χ2v) is 5.14. The number of aryl methyl sites for hydroxylation is 1. The molecule has 1 aromatic rings. The number of alkyl halides is 1. The number of carbonyl (C=O) groups excluding carboxylic acids is 1. The summed E-state index contributed by atoms with van der Waals surface area (Å²) >= 11 is 5.56. The van der Waals surface area contributed by atoms with Crippen LogP contribution in [0.15, 0.2) is 12.1 Å². The quantitative estimate of drug-likeness (QED) is 0.857. The molecule has 7 heteroatoms. The first-order chi connectivity index (χ1) is 9.69. The predicted octanol–water partition coefficient (Wildman–Crippen LogP) is 1.58. The molecule has 0 saturated carbocycles. The van der Waals surface area contributed by atoms with Crippen LogP contribution in [0, 0.1) is 6.92 Å². The highest BCUT2D eigenvalue weighted by atomic mass is 35.5. The Labute approximate surface area is 123 Å². The molecule has 1 saturated heterocycles. The van der Waals surface area contributed by atoms with E-state index in [0.29, 0.717) is 24.8 Å². The molecule has 0 radical (unpaired) electrons. The van der Waals surface area contributed by atoms with Crippen LogP contribution in [0.2, 0.25) is 0 Å². The number of piperidine rings is 1. The summed E-state index contributed by atoms with van der Waals surface area (Å²) in [6.45, 7) is 3.66. The van der Waals surface area contributed by atoms with Crippen LogP contribution >= 0.6 is 11.6 Å². The number of likely N-dealkylation sites (tertiary alicyclic amines) is 1. The van der Waals surface area contributed by atoms with Crippen LogP contribution < -0.4 is 10.1 Å². The van der Waals surface area contributed by atoms with Crippen molar-refractivity contribution in [3.63, 3.8) is 0 Å². The highest BCUT2D eigenvalue weighted by Crippen LogP contribution is 2.16. The number of nitrogens with one attached hydrogen (secondary N) is 1. The van der Waals surface area contributed by atoms with Crippen LogP contribution in [0.5, 0.6) is 5.88 Å². The average Bonchev–Trinajstić information content (AvgIpc) is 2.47. The zero-order valence-electron chi connectivity index (χ0n) is 11.5. The summed E-state index contributed by atoms with van der Waals surface area (Å²) in [5.74, 6) is 0.918. The molecule has 110 valence electrons.